The maximum Gasteiger partial charge on any atom is 0.344 e. The number of benzene rings is 1. The molecule has 0 aliphatic rings. The van der Waals surface area contributed by atoms with Crippen LogP contribution in [0.2, 0.25) is 0 Å². The number of hydrogen-bond acceptors (Lipinski definition) is 7. The standard InChI is InChI=1S/C12H12N2O6S/c1-9(7-13-19-2)20-12(16)10-5-3-4-6-11(10)21(17,18)14-8-15/h3-7,13H,1-2H3. The van der Waals surface area contributed by atoms with Crippen molar-refractivity contribution >= 4 is 22.1 Å². The Hall–Kier alpha value is -2.48. The summed E-state index contributed by atoms with van der Waals surface area (Å²) >= 11 is 0. The van der Waals surface area contributed by atoms with Crippen molar-refractivity contribution in [2.75, 3.05) is 7.11 Å². The lowest BCUT2D eigenvalue weighted by Gasteiger charge is -2.07. The smallest absolute Gasteiger partial charge is 0.344 e. The molecule has 0 saturated carbocycles. The van der Waals surface area contributed by atoms with E-state index in [1.807, 2.05) is 0 Å². The van der Waals surface area contributed by atoms with Crippen LogP contribution in [0.25, 0.3) is 0 Å². The van der Waals surface area contributed by atoms with E-state index in [1.54, 1.807) is 0 Å². The molecule has 0 atom stereocenters. The van der Waals surface area contributed by atoms with Gasteiger partial charge in [-0.1, -0.05) is 16.5 Å². The van der Waals surface area contributed by atoms with Gasteiger partial charge in [0.1, 0.15) is 10.7 Å². The SMILES string of the molecule is CONC=C(C)OC(=O)c1ccccc1S(=O)(=O)N=C=O. The predicted molar refractivity (Wildman–Crippen MR) is 71.1 cm³/mol. The van der Waals surface area contributed by atoms with Gasteiger partial charge in [-0.15, -0.1) is 0 Å². The quantitative estimate of drug-likeness (QED) is 0.273. The van der Waals surface area contributed by atoms with Crippen LogP contribution < -0.4 is 5.48 Å². The first-order valence-electron chi connectivity index (χ1n) is 5.53. The predicted octanol–water partition coefficient (Wildman–Crippen LogP) is 0.880. The fourth-order valence-electron chi connectivity index (χ4n) is 1.33. The zero-order valence-corrected chi connectivity index (χ0v) is 12.0. The minimum absolute atomic E-state index is 0.146. The molecule has 0 aliphatic heterocycles. The van der Waals surface area contributed by atoms with Crippen LogP contribution in [-0.4, -0.2) is 27.6 Å². The Morgan fingerprint density at radius 1 is 1.38 bits per heavy atom. The second kappa shape index (κ2) is 7.34. The zero-order valence-electron chi connectivity index (χ0n) is 11.2. The minimum atomic E-state index is -4.30. The third-order valence-electron chi connectivity index (χ3n) is 2.18. The Bertz CT molecular complexity index is 704. The molecule has 0 amide bonds. The average molecular weight is 312 g/mol. The molecule has 0 aromatic heterocycles. The fourth-order valence-corrected chi connectivity index (χ4v) is 2.21. The summed E-state index contributed by atoms with van der Waals surface area (Å²) in [6, 6.07) is 5.22. The molecule has 0 saturated heterocycles. The Morgan fingerprint density at radius 2 is 2.05 bits per heavy atom. The highest BCUT2D eigenvalue weighted by atomic mass is 32.2. The Balaban J connectivity index is 3.15. The molecule has 0 spiro atoms. The summed E-state index contributed by atoms with van der Waals surface area (Å²) in [5, 5.41) is 0. The molecule has 0 aliphatic carbocycles. The zero-order chi connectivity index (χ0) is 15.9. The van der Waals surface area contributed by atoms with E-state index in [9.17, 15) is 18.0 Å². The van der Waals surface area contributed by atoms with Gasteiger partial charge in [-0.25, -0.2) is 9.59 Å². The summed E-state index contributed by atoms with van der Waals surface area (Å²) in [5.41, 5.74) is 2.09. The number of allylic oxidation sites excluding steroid dienone is 1. The number of esters is 1. The van der Waals surface area contributed by atoms with Crippen LogP contribution in [0, 0.1) is 0 Å². The number of ether oxygens (including phenoxy) is 1. The first-order chi connectivity index (χ1) is 9.92. The fraction of sp³-hybridized carbons (Fsp3) is 0.167. The van der Waals surface area contributed by atoms with Crippen LogP contribution in [0.4, 0.5) is 0 Å². The van der Waals surface area contributed by atoms with Gasteiger partial charge in [-0.3, -0.25) is 10.3 Å². The Kier molecular flexibility index (Phi) is 5.79. The number of hydrogen-bond donors (Lipinski definition) is 1. The molecule has 0 fully saturated rings. The number of nitrogens with one attached hydrogen (secondary N) is 1. The number of isocyanates is 1. The van der Waals surface area contributed by atoms with Crippen molar-refractivity contribution in [3.05, 3.63) is 41.8 Å². The monoisotopic (exact) mass is 312 g/mol. The molecule has 1 aromatic carbocycles. The highest BCUT2D eigenvalue weighted by Crippen LogP contribution is 2.19. The van der Waals surface area contributed by atoms with E-state index in [0.717, 1.165) is 12.1 Å². The number of hydroxylamine groups is 1. The average Bonchev–Trinajstić information content (AvgIpc) is 2.45. The molecular formula is C12H12N2O6S. The van der Waals surface area contributed by atoms with Gasteiger partial charge < -0.3 is 4.74 Å². The van der Waals surface area contributed by atoms with E-state index < -0.39 is 20.9 Å². The van der Waals surface area contributed by atoms with Crippen LogP contribution in [0.5, 0.6) is 0 Å². The lowest BCUT2D eigenvalue weighted by atomic mass is 10.2. The number of carbonyl (C=O) groups excluding carboxylic acids is 2. The second-order valence-corrected chi connectivity index (χ2v) is 5.19. The first kappa shape index (κ1) is 16.6. The van der Waals surface area contributed by atoms with Crippen molar-refractivity contribution in [2.45, 2.75) is 11.8 Å². The molecule has 0 heterocycles. The van der Waals surface area contributed by atoms with Gasteiger partial charge in [0.25, 0.3) is 16.1 Å². The maximum absolute atomic E-state index is 12.0. The van der Waals surface area contributed by atoms with Crippen molar-refractivity contribution in [1.29, 1.82) is 0 Å². The van der Waals surface area contributed by atoms with Crippen molar-refractivity contribution in [1.82, 2.24) is 5.48 Å². The number of rotatable bonds is 6. The summed E-state index contributed by atoms with van der Waals surface area (Å²) in [5.74, 6) is -0.769. The molecule has 0 bridgehead atoms. The molecular weight excluding hydrogens is 300 g/mol. The second-order valence-electron chi connectivity index (χ2n) is 3.62. The number of sulfonamides is 1. The Morgan fingerprint density at radius 3 is 2.67 bits per heavy atom. The molecule has 21 heavy (non-hydrogen) atoms. The summed E-state index contributed by atoms with van der Waals surface area (Å²) in [6.45, 7) is 1.46. The summed E-state index contributed by atoms with van der Waals surface area (Å²) in [7, 11) is -2.93. The first-order valence-corrected chi connectivity index (χ1v) is 6.97. The third-order valence-corrected chi connectivity index (χ3v) is 3.40. The lowest BCUT2D eigenvalue weighted by molar-refractivity contribution is 0.0606. The van der Waals surface area contributed by atoms with Crippen LogP contribution in [0.15, 0.2) is 45.5 Å². The molecule has 1 aromatic rings. The molecule has 0 radical (unpaired) electrons. The number of carbonyl (C=O) groups is 1. The largest absolute Gasteiger partial charge is 0.426 e. The van der Waals surface area contributed by atoms with Crippen LogP contribution in [0.3, 0.4) is 0 Å². The number of nitrogens with zero attached hydrogens (tertiary/aromatic N) is 1. The van der Waals surface area contributed by atoms with Crippen molar-refractivity contribution < 1.29 is 27.6 Å². The van der Waals surface area contributed by atoms with E-state index in [1.165, 1.54) is 38.4 Å². The van der Waals surface area contributed by atoms with E-state index in [2.05, 4.69) is 14.7 Å². The third kappa shape index (κ3) is 4.53. The molecule has 8 nitrogen and oxygen atoms in total. The van der Waals surface area contributed by atoms with E-state index in [0.29, 0.717) is 0 Å². The topological polar surface area (TPSA) is 111 Å². The van der Waals surface area contributed by atoms with Crippen molar-refractivity contribution in [2.24, 2.45) is 4.40 Å². The molecule has 0 unspecified atom stereocenters. The van der Waals surface area contributed by atoms with Gasteiger partial charge in [0.15, 0.2) is 0 Å². The van der Waals surface area contributed by atoms with Gasteiger partial charge >= 0.3 is 5.97 Å². The lowest BCUT2D eigenvalue weighted by Crippen LogP contribution is -2.11. The molecule has 1 rings (SSSR count). The highest BCUT2D eigenvalue weighted by Gasteiger charge is 2.22. The van der Waals surface area contributed by atoms with Gasteiger partial charge in [0.05, 0.1) is 18.9 Å². The summed E-state index contributed by atoms with van der Waals surface area (Å²) in [4.78, 5) is 26.2. The minimum Gasteiger partial charge on any atom is -0.426 e. The van der Waals surface area contributed by atoms with Crippen LogP contribution in [-0.2, 0) is 24.4 Å². The van der Waals surface area contributed by atoms with Crippen LogP contribution in [0.1, 0.15) is 17.3 Å². The van der Waals surface area contributed by atoms with Crippen molar-refractivity contribution in [3.63, 3.8) is 0 Å². The van der Waals surface area contributed by atoms with E-state index in [4.69, 9.17) is 4.74 Å². The van der Waals surface area contributed by atoms with Gasteiger partial charge in [-0.2, -0.15) is 8.42 Å². The normalized spacial score (nSPS) is 11.4. The van der Waals surface area contributed by atoms with Gasteiger partial charge in [0, 0.05) is 0 Å². The van der Waals surface area contributed by atoms with Crippen LogP contribution >= 0.6 is 0 Å². The summed E-state index contributed by atoms with van der Waals surface area (Å²) in [6.07, 6.45) is 2.20. The Labute approximate surface area is 121 Å². The van der Waals surface area contributed by atoms with Crippen molar-refractivity contribution in [3.8, 4) is 0 Å². The van der Waals surface area contributed by atoms with Gasteiger partial charge in [0.2, 0.25) is 0 Å². The highest BCUT2D eigenvalue weighted by molar-refractivity contribution is 7.90. The maximum atomic E-state index is 12.0. The van der Waals surface area contributed by atoms with E-state index >= 15 is 0 Å². The molecule has 9 heteroatoms. The summed E-state index contributed by atoms with van der Waals surface area (Å²) < 4.78 is 31.1. The van der Waals surface area contributed by atoms with E-state index in [-0.39, 0.29) is 11.3 Å². The molecule has 1 N–H and O–H groups in total. The molecule has 112 valence electrons. The van der Waals surface area contributed by atoms with Gasteiger partial charge in [-0.05, 0) is 19.1 Å².